The van der Waals surface area contributed by atoms with Gasteiger partial charge in [0.1, 0.15) is 17.9 Å². The van der Waals surface area contributed by atoms with E-state index in [0.717, 1.165) is 17.9 Å². The highest BCUT2D eigenvalue weighted by molar-refractivity contribution is 5.90. The molecule has 0 unspecified atom stereocenters. The zero-order valence-corrected chi connectivity index (χ0v) is 11.6. The summed E-state index contributed by atoms with van der Waals surface area (Å²) in [6, 6.07) is 9.85. The molecule has 0 N–H and O–H groups in total. The second-order valence-corrected chi connectivity index (χ2v) is 5.08. The third-order valence-electron chi connectivity index (χ3n) is 3.51. The topological polar surface area (TPSA) is 47.8 Å². The number of aromatic nitrogens is 3. The van der Waals surface area contributed by atoms with Crippen LogP contribution in [0.25, 0.3) is 0 Å². The molecular formula is C15H19N3O. The van der Waals surface area contributed by atoms with Crippen molar-refractivity contribution in [3.63, 3.8) is 0 Å². The average Bonchev–Trinajstić information content (AvgIpc) is 2.87. The lowest BCUT2D eigenvalue weighted by molar-refractivity contribution is -0.123. The van der Waals surface area contributed by atoms with E-state index in [1.54, 1.807) is 4.68 Å². The first kappa shape index (κ1) is 13.5. The summed E-state index contributed by atoms with van der Waals surface area (Å²) in [5.74, 6) is 0.887. The molecule has 0 aliphatic heterocycles. The lowest BCUT2D eigenvalue weighted by Crippen LogP contribution is -2.31. The summed E-state index contributed by atoms with van der Waals surface area (Å²) in [7, 11) is 0. The van der Waals surface area contributed by atoms with Crippen LogP contribution in [0.4, 0.5) is 0 Å². The number of rotatable bonds is 5. The van der Waals surface area contributed by atoms with Crippen LogP contribution in [0, 0.1) is 0 Å². The van der Waals surface area contributed by atoms with Crippen molar-refractivity contribution >= 4 is 5.78 Å². The van der Waals surface area contributed by atoms with Gasteiger partial charge in [0.05, 0.1) is 6.42 Å². The number of benzene rings is 1. The number of hydrogen-bond acceptors (Lipinski definition) is 3. The van der Waals surface area contributed by atoms with Crippen LogP contribution in [0.2, 0.25) is 0 Å². The van der Waals surface area contributed by atoms with Gasteiger partial charge in [0.2, 0.25) is 0 Å². The molecule has 2 aromatic rings. The highest BCUT2D eigenvalue weighted by Crippen LogP contribution is 2.25. The molecular weight excluding hydrogens is 238 g/mol. The van der Waals surface area contributed by atoms with Crippen molar-refractivity contribution in [2.24, 2.45) is 0 Å². The summed E-state index contributed by atoms with van der Waals surface area (Å²) >= 11 is 0. The van der Waals surface area contributed by atoms with Gasteiger partial charge < -0.3 is 0 Å². The van der Waals surface area contributed by atoms with Crippen LogP contribution in [0.1, 0.15) is 32.2 Å². The van der Waals surface area contributed by atoms with E-state index in [-0.39, 0.29) is 5.78 Å². The number of ketones is 1. The highest BCUT2D eigenvalue weighted by atomic mass is 16.1. The first-order valence-corrected chi connectivity index (χ1v) is 6.51. The molecule has 0 spiro atoms. The van der Waals surface area contributed by atoms with Crippen LogP contribution in [-0.4, -0.2) is 20.5 Å². The molecule has 2 rings (SSSR count). The van der Waals surface area contributed by atoms with Gasteiger partial charge in [-0.25, -0.2) is 9.67 Å². The molecule has 0 atom stereocenters. The molecule has 1 aromatic heterocycles. The van der Waals surface area contributed by atoms with Crippen LogP contribution < -0.4 is 0 Å². The van der Waals surface area contributed by atoms with Crippen LogP contribution >= 0.6 is 0 Å². The van der Waals surface area contributed by atoms with Crippen molar-refractivity contribution in [3.8, 4) is 0 Å². The number of carbonyl (C=O) groups excluding carboxylic acids is 1. The maximum atomic E-state index is 12.5. The van der Waals surface area contributed by atoms with Crippen molar-refractivity contribution in [1.82, 2.24) is 14.8 Å². The molecule has 4 heteroatoms. The number of nitrogens with zero attached hydrogens (tertiary/aromatic N) is 3. The van der Waals surface area contributed by atoms with Crippen LogP contribution in [0.15, 0.2) is 36.7 Å². The van der Waals surface area contributed by atoms with Gasteiger partial charge in [-0.2, -0.15) is 5.10 Å². The van der Waals surface area contributed by atoms with Gasteiger partial charge in [-0.3, -0.25) is 4.79 Å². The Morgan fingerprint density at radius 2 is 1.95 bits per heavy atom. The molecule has 4 nitrogen and oxygen atoms in total. The summed E-state index contributed by atoms with van der Waals surface area (Å²) in [5, 5.41) is 4.10. The molecule has 100 valence electrons. The zero-order chi connectivity index (χ0) is 13.9. The Hall–Kier alpha value is -1.97. The summed E-state index contributed by atoms with van der Waals surface area (Å²) in [6.45, 7) is 6.63. The van der Waals surface area contributed by atoms with E-state index in [4.69, 9.17) is 0 Å². The van der Waals surface area contributed by atoms with Crippen LogP contribution in [-0.2, 0) is 23.2 Å². The number of carbonyl (C=O) groups is 1. The fourth-order valence-corrected chi connectivity index (χ4v) is 2.07. The normalized spacial score (nSPS) is 11.5. The minimum absolute atomic E-state index is 0.154. The quantitative estimate of drug-likeness (QED) is 0.826. The Bertz CT molecular complexity index is 558. The Kier molecular flexibility index (Phi) is 3.79. The third-order valence-corrected chi connectivity index (χ3v) is 3.51. The van der Waals surface area contributed by atoms with Crippen molar-refractivity contribution in [2.75, 3.05) is 0 Å². The lowest BCUT2D eigenvalue weighted by Gasteiger charge is -2.23. The van der Waals surface area contributed by atoms with Crippen molar-refractivity contribution < 1.29 is 4.79 Å². The Morgan fingerprint density at radius 3 is 2.58 bits per heavy atom. The smallest absolute Gasteiger partial charge is 0.150 e. The maximum Gasteiger partial charge on any atom is 0.150 e. The molecule has 0 aliphatic carbocycles. The Balaban J connectivity index is 2.20. The van der Waals surface area contributed by atoms with E-state index in [1.165, 1.54) is 6.33 Å². The van der Waals surface area contributed by atoms with Gasteiger partial charge in [0, 0.05) is 12.0 Å². The Morgan fingerprint density at radius 1 is 1.26 bits per heavy atom. The first-order valence-electron chi connectivity index (χ1n) is 6.51. The molecule has 1 heterocycles. The van der Waals surface area contributed by atoms with E-state index in [1.807, 2.05) is 51.1 Å². The van der Waals surface area contributed by atoms with Gasteiger partial charge in [0.25, 0.3) is 0 Å². The molecule has 0 fully saturated rings. The molecule has 0 saturated heterocycles. The molecule has 19 heavy (non-hydrogen) atoms. The monoisotopic (exact) mass is 257 g/mol. The molecule has 0 saturated carbocycles. The van der Waals surface area contributed by atoms with Crippen molar-refractivity contribution in [2.45, 2.75) is 39.2 Å². The largest absolute Gasteiger partial charge is 0.298 e. The van der Waals surface area contributed by atoms with E-state index >= 15 is 0 Å². The third kappa shape index (κ3) is 2.72. The van der Waals surface area contributed by atoms with E-state index in [2.05, 4.69) is 10.1 Å². The molecule has 0 bridgehead atoms. The van der Waals surface area contributed by atoms with E-state index in [9.17, 15) is 4.79 Å². The minimum Gasteiger partial charge on any atom is -0.298 e. The van der Waals surface area contributed by atoms with Gasteiger partial charge in [-0.05, 0) is 26.3 Å². The first-order chi connectivity index (χ1) is 9.05. The zero-order valence-electron chi connectivity index (χ0n) is 11.6. The second kappa shape index (κ2) is 5.34. The second-order valence-electron chi connectivity index (χ2n) is 5.08. The minimum atomic E-state index is -0.508. The number of aryl methyl sites for hydroxylation is 1. The molecule has 0 radical (unpaired) electrons. The maximum absolute atomic E-state index is 12.5. The van der Waals surface area contributed by atoms with Gasteiger partial charge in [-0.15, -0.1) is 0 Å². The fraction of sp³-hybridized carbons (Fsp3) is 0.400. The summed E-state index contributed by atoms with van der Waals surface area (Å²) in [5.41, 5.74) is 0.522. The van der Waals surface area contributed by atoms with Gasteiger partial charge in [-0.1, -0.05) is 30.3 Å². The van der Waals surface area contributed by atoms with Gasteiger partial charge >= 0.3 is 0 Å². The lowest BCUT2D eigenvalue weighted by atomic mass is 9.79. The predicted octanol–water partition coefficient (Wildman–Crippen LogP) is 2.39. The molecule has 1 aromatic carbocycles. The van der Waals surface area contributed by atoms with Crippen LogP contribution in [0.5, 0.6) is 0 Å². The summed E-state index contributed by atoms with van der Waals surface area (Å²) in [6.07, 6.45) is 1.82. The Labute approximate surface area is 113 Å². The molecule has 0 aliphatic rings. The predicted molar refractivity (Wildman–Crippen MR) is 73.9 cm³/mol. The summed E-state index contributed by atoms with van der Waals surface area (Å²) in [4.78, 5) is 16.7. The summed E-state index contributed by atoms with van der Waals surface area (Å²) < 4.78 is 1.76. The standard InChI is InChI=1S/C15H19N3O/c1-4-18-14(16-11-17-18)10-13(19)15(2,3)12-8-6-5-7-9-12/h5-9,11H,4,10H2,1-3H3. The van der Waals surface area contributed by atoms with E-state index < -0.39 is 5.41 Å². The SMILES string of the molecule is CCn1ncnc1CC(=O)C(C)(C)c1ccccc1. The van der Waals surface area contributed by atoms with E-state index in [0.29, 0.717) is 6.42 Å². The van der Waals surface area contributed by atoms with Gasteiger partial charge in [0.15, 0.2) is 0 Å². The van der Waals surface area contributed by atoms with Crippen molar-refractivity contribution in [1.29, 1.82) is 0 Å². The number of Topliss-reactive ketones (excluding diaryl/α,β-unsaturated/α-hetero) is 1. The fourth-order valence-electron chi connectivity index (χ4n) is 2.07. The molecule has 0 amide bonds. The van der Waals surface area contributed by atoms with Crippen molar-refractivity contribution in [3.05, 3.63) is 48.0 Å². The number of hydrogen-bond donors (Lipinski definition) is 0. The average molecular weight is 257 g/mol. The van der Waals surface area contributed by atoms with Crippen LogP contribution in [0.3, 0.4) is 0 Å². The highest BCUT2D eigenvalue weighted by Gasteiger charge is 2.30.